The number of nitrogens with zero attached hydrogens (tertiary/aromatic N) is 3. The maximum atomic E-state index is 12.4. The van der Waals surface area contributed by atoms with E-state index in [1.165, 1.54) is 0 Å². The molecule has 1 amide bonds. The first-order valence-electron chi connectivity index (χ1n) is 6.84. The molecule has 0 aliphatic heterocycles. The zero-order chi connectivity index (χ0) is 15.7. The second-order valence-electron chi connectivity index (χ2n) is 4.96. The topological polar surface area (TPSA) is 69.0 Å². The summed E-state index contributed by atoms with van der Waals surface area (Å²) < 4.78 is 6.93. The Morgan fingerprint density at radius 3 is 2.86 bits per heavy atom. The monoisotopic (exact) mass is 296 g/mol. The van der Waals surface area contributed by atoms with Crippen molar-refractivity contribution in [3.63, 3.8) is 0 Å². The van der Waals surface area contributed by atoms with Gasteiger partial charge in [0.05, 0.1) is 24.1 Å². The van der Waals surface area contributed by atoms with Gasteiger partial charge in [-0.2, -0.15) is 5.10 Å². The summed E-state index contributed by atoms with van der Waals surface area (Å²) in [6.45, 7) is 1.89. The number of nitrogens with one attached hydrogen (secondary N) is 1. The molecule has 0 aliphatic carbocycles. The van der Waals surface area contributed by atoms with Crippen LogP contribution in [0.5, 0.6) is 5.75 Å². The second kappa shape index (κ2) is 5.48. The molecule has 1 N–H and O–H groups in total. The predicted molar refractivity (Wildman–Crippen MR) is 84.2 cm³/mol. The van der Waals surface area contributed by atoms with Gasteiger partial charge < -0.3 is 10.1 Å². The lowest BCUT2D eigenvalue weighted by atomic mass is 10.2. The number of methoxy groups -OCH3 is 1. The number of benzene rings is 1. The Kier molecular flexibility index (Phi) is 3.50. The molecule has 0 aliphatic rings. The van der Waals surface area contributed by atoms with Crippen molar-refractivity contribution >= 4 is 22.6 Å². The Bertz CT molecular complexity index is 854. The number of amides is 1. The minimum absolute atomic E-state index is 0.234. The van der Waals surface area contributed by atoms with Gasteiger partial charge in [-0.1, -0.05) is 12.1 Å². The third-order valence-corrected chi connectivity index (χ3v) is 3.48. The third kappa shape index (κ3) is 2.39. The normalized spacial score (nSPS) is 10.7. The van der Waals surface area contributed by atoms with Gasteiger partial charge in [0.2, 0.25) is 0 Å². The van der Waals surface area contributed by atoms with Gasteiger partial charge in [-0.25, -0.2) is 4.98 Å². The molecule has 0 saturated heterocycles. The van der Waals surface area contributed by atoms with Crippen LogP contribution in [0.1, 0.15) is 16.1 Å². The lowest BCUT2D eigenvalue weighted by molar-refractivity contribution is 0.102. The highest BCUT2D eigenvalue weighted by atomic mass is 16.5. The second-order valence-corrected chi connectivity index (χ2v) is 4.96. The molecule has 6 heteroatoms. The summed E-state index contributed by atoms with van der Waals surface area (Å²) in [5.74, 6) is 0.379. The average molecular weight is 296 g/mol. The number of anilines is 1. The molecular weight excluding hydrogens is 280 g/mol. The summed E-state index contributed by atoms with van der Waals surface area (Å²) in [7, 11) is 3.40. The number of fused-ring (bicyclic) bond motifs is 1. The number of hydrogen-bond donors (Lipinski definition) is 1. The van der Waals surface area contributed by atoms with Crippen LogP contribution in [0.25, 0.3) is 11.0 Å². The molecule has 0 unspecified atom stereocenters. The van der Waals surface area contributed by atoms with Gasteiger partial charge in [0, 0.05) is 18.6 Å². The van der Waals surface area contributed by atoms with Crippen molar-refractivity contribution < 1.29 is 9.53 Å². The fourth-order valence-corrected chi connectivity index (χ4v) is 2.37. The van der Waals surface area contributed by atoms with Gasteiger partial charge in [0.25, 0.3) is 5.91 Å². The number of carbonyl (C=O) groups excluding carboxylic acids is 1. The Balaban J connectivity index is 1.93. The molecule has 0 atom stereocenters. The first-order chi connectivity index (χ1) is 10.6. The standard InChI is InChI=1S/C16H16N4O2/c1-10-12-8-11(9-17-15(12)20(2)19-10)16(21)18-13-6-4-5-7-14(13)22-3/h4-9H,1-3H3,(H,18,21). The SMILES string of the molecule is COc1ccccc1NC(=O)c1cnc2c(c1)c(C)nn2C. The van der Waals surface area contributed by atoms with Crippen LogP contribution in [0.15, 0.2) is 36.5 Å². The number of pyridine rings is 1. The number of ether oxygens (including phenoxy) is 1. The van der Waals surface area contributed by atoms with Crippen molar-refractivity contribution in [2.75, 3.05) is 12.4 Å². The molecule has 0 bridgehead atoms. The molecule has 112 valence electrons. The van der Waals surface area contributed by atoms with E-state index in [2.05, 4.69) is 15.4 Å². The van der Waals surface area contributed by atoms with Crippen molar-refractivity contribution in [3.8, 4) is 5.75 Å². The highest BCUT2D eigenvalue weighted by Gasteiger charge is 2.13. The molecule has 3 rings (SSSR count). The summed E-state index contributed by atoms with van der Waals surface area (Å²) in [5.41, 5.74) is 2.70. The Morgan fingerprint density at radius 1 is 1.32 bits per heavy atom. The van der Waals surface area contributed by atoms with Gasteiger partial charge in [0.1, 0.15) is 5.75 Å². The number of para-hydroxylation sites is 2. The Hall–Kier alpha value is -2.89. The number of aryl methyl sites for hydroxylation is 2. The zero-order valence-electron chi connectivity index (χ0n) is 12.6. The molecule has 0 spiro atoms. The Labute approximate surface area is 127 Å². The van der Waals surface area contributed by atoms with Gasteiger partial charge in [-0.15, -0.1) is 0 Å². The molecule has 0 radical (unpaired) electrons. The molecule has 1 aromatic carbocycles. The average Bonchev–Trinajstić information content (AvgIpc) is 2.82. The molecule has 3 aromatic rings. The largest absolute Gasteiger partial charge is 0.495 e. The van der Waals surface area contributed by atoms with Crippen molar-refractivity contribution in [3.05, 3.63) is 47.8 Å². The third-order valence-electron chi connectivity index (χ3n) is 3.48. The van der Waals surface area contributed by atoms with E-state index < -0.39 is 0 Å². The fourth-order valence-electron chi connectivity index (χ4n) is 2.37. The highest BCUT2D eigenvalue weighted by molar-refractivity contribution is 6.06. The zero-order valence-corrected chi connectivity index (χ0v) is 12.6. The number of carbonyl (C=O) groups is 1. The predicted octanol–water partition coefficient (Wildman–Crippen LogP) is 2.54. The molecule has 2 aromatic heterocycles. The van der Waals surface area contributed by atoms with E-state index in [9.17, 15) is 4.79 Å². The van der Waals surface area contributed by atoms with Crippen molar-refractivity contribution in [2.45, 2.75) is 6.92 Å². The van der Waals surface area contributed by atoms with E-state index in [1.807, 2.05) is 26.1 Å². The molecular formula is C16H16N4O2. The van der Waals surface area contributed by atoms with Crippen LogP contribution in [-0.4, -0.2) is 27.8 Å². The minimum atomic E-state index is -0.234. The quantitative estimate of drug-likeness (QED) is 0.806. The van der Waals surface area contributed by atoms with E-state index in [0.717, 1.165) is 16.7 Å². The van der Waals surface area contributed by atoms with E-state index in [4.69, 9.17) is 4.74 Å². The minimum Gasteiger partial charge on any atom is -0.495 e. The number of aromatic nitrogens is 3. The molecule has 0 fully saturated rings. The number of hydrogen-bond acceptors (Lipinski definition) is 4. The fraction of sp³-hybridized carbons (Fsp3) is 0.188. The van der Waals surface area contributed by atoms with Crippen LogP contribution >= 0.6 is 0 Å². The first kappa shape index (κ1) is 14.1. The lowest BCUT2D eigenvalue weighted by Gasteiger charge is -2.09. The molecule has 6 nitrogen and oxygen atoms in total. The lowest BCUT2D eigenvalue weighted by Crippen LogP contribution is -2.13. The van der Waals surface area contributed by atoms with Gasteiger partial charge >= 0.3 is 0 Å². The molecule has 0 saturated carbocycles. The van der Waals surface area contributed by atoms with Crippen molar-refractivity contribution in [1.29, 1.82) is 0 Å². The van der Waals surface area contributed by atoms with Crippen molar-refractivity contribution in [1.82, 2.24) is 14.8 Å². The van der Waals surface area contributed by atoms with E-state index in [-0.39, 0.29) is 5.91 Å². The van der Waals surface area contributed by atoms with Gasteiger partial charge in [0.15, 0.2) is 5.65 Å². The van der Waals surface area contributed by atoms with Gasteiger partial charge in [-0.3, -0.25) is 9.48 Å². The van der Waals surface area contributed by atoms with Crippen LogP contribution in [-0.2, 0) is 7.05 Å². The maximum absolute atomic E-state index is 12.4. The smallest absolute Gasteiger partial charge is 0.257 e. The summed E-state index contributed by atoms with van der Waals surface area (Å²) in [6.07, 6.45) is 1.55. The van der Waals surface area contributed by atoms with Crippen LogP contribution < -0.4 is 10.1 Å². The first-order valence-corrected chi connectivity index (χ1v) is 6.84. The van der Waals surface area contributed by atoms with Crippen LogP contribution in [0, 0.1) is 6.92 Å². The summed E-state index contributed by atoms with van der Waals surface area (Å²) in [5, 5.41) is 8.01. The van der Waals surface area contributed by atoms with Crippen LogP contribution in [0.3, 0.4) is 0 Å². The van der Waals surface area contributed by atoms with E-state index >= 15 is 0 Å². The summed E-state index contributed by atoms with van der Waals surface area (Å²) in [4.78, 5) is 16.7. The Morgan fingerprint density at radius 2 is 2.09 bits per heavy atom. The van der Waals surface area contributed by atoms with Gasteiger partial charge in [-0.05, 0) is 25.1 Å². The van der Waals surface area contributed by atoms with E-state index in [1.54, 1.807) is 36.2 Å². The maximum Gasteiger partial charge on any atom is 0.257 e. The van der Waals surface area contributed by atoms with Crippen molar-refractivity contribution in [2.24, 2.45) is 7.05 Å². The van der Waals surface area contributed by atoms with E-state index in [0.29, 0.717) is 17.0 Å². The highest BCUT2D eigenvalue weighted by Crippen LogP contribution is 2.24. The molecule has 2 heterocycles. The number of rotatable bonds is 3. The summed E-state index contributed by atoms with van der Waals surface area (Å²) >= 11 is 0. The summed E-state index contributed by atoms with van der Waals surface area (Å²) in [6, 6.07) is 9.07. The van der Waals surface area contributed by atoms with Crippen LogP contribution in [0.2, 0.25) is 0 Å². The van der Waals surface area contributed by atoms with Crippen LogP contribution in [0.4, 0.5) is 5.69 Å². The molecule has 22 heavy (non-hydrogen) atoms.